The van der Waals surface area contributed by atoms with Crippen molar-refractivity contribution in [3.8, 4) is 0 Å². The molecule has 1 saturated carbocycles. The SMILES string of the molecule is CC1CCC(C(=O)c2c[nH]c3ncc(Br)cc23)CC1. The number of Topliss-reactive ketones (excluding diaryl/α,β-unsaturated/α-hetero) is 1. The molecule has 0 amide bonds. The first kappa shape index (κ1) is 12.9. The third-order valence-electron chi connectivity index (χ3n) is 4.15. The largest absolute Gasteiger partial charge is 0.345 e. The number of halogens is 1. The van der Waals surface area contributed by atoms with Crippen LogP contribution in [0.5, 0.6) is 0 Å². The van der Waals surface area contributed by atoms with E-state index in [1.165, 1.54) is 12.8 Å². The van der Waals surface area contributed by atoms with Crippen molar-refractivity contribution in [3.05, 3.63) is 28.5 Å². The summed E-state index contributed by atoms with van der Waals surface area (Å²) in [5.74, 6) is 1.23. The van der Waals surface area contributed by atoms with Gasteiger partial charge in [0.2, 0.25) is 0 Å². The molecule has 1 N–H and O–H groups in total. The Morgan fingerprint density at radius 1 is 1.37 bits per heavy atom. The van der Waals surface area contributed by atoms with Crippen LogP contribution in [0, 0.1) is 11.8 Å². The third-order valence-corrected chi connectivity index (χ3v) is 4.58. The standard InChI is InChI=1S/C15H17BrN2O/c1-9-2-4-10(5-3-9)14(19)13-8-18-15-12(13)6-11(16)7-17-15/h6-10H,2-5H2,1H3,(H,17,18). The summed E-state index contributed by atoms with van der Waals surface area (Å²) in [6, 6.07) is 1.97. The second-order valence-electron chi connectivity index (χ2n) is 5.57. The van der Waals surface area contributed by atoms with Crippen LogP contribution in [0.25, 0.3) is 11.0 Å². The van der Waals surface area contributed by atoms with E-state index in [2.05, 4.69) is 32.8 Å². The van der Waals surface area contributed by atoms with Crippen LogP contribution in [0.15, 0.2) is 22.9 Å². The monoisotopic (exact) mass is 320 g/mol. The van der Waals surface area contributed by atoms with E-state index in [1.807, 2.05) is 12.3 Å². The molecule has 2 heterocycles. The number of pyridine rings is 1. The van der Waals surface area contributed by atoms with E-state index in [4.69, 9.17) is 0 Å². The number of aromatic amines is 1. The van der Waals surface area contributed by atoms with Crippen molar-refractivity contribution in [1.29, 1.82) is 0 Å². The van der Waals surface area contributed by atoms with E-state index < -0.39 is 0 Å². The topological polar surface area (TPSA) is 45.8 Å². The predicted octanol–water partition coefficient (Wildman–Crippen LogP) is 4.33. The Balaban J connectivity index is 1.91. The molecule has 0 aromatic carbocycles. The van der Waals surface area contributed by atoms with Crippen molar-refractivity contribution in [1.82, 2.24) is 9.97 Å². The Bertz CT molecular complexity index is 612. The van der Waals surface area contributed by atoms with Crippen molar-refractivity contribution >= 4 is 32.7 Å². The summed E-state index contributed by atoms with van der Waals surface area (Å²) in [4.78, 5) is 20.0. The van der Waals surface area contributed by atoms with E-state index in [0.29, 0.717) is 0 Å². The summed E-state index contributed by atoms with van der Waals surface area (Å²) in [5, 5.41) is 0.929. The maximum Gasteiger partial charge on any atom is 0.168 e. The number of hydrogen-bond donors (Lipinski definition) is 1. The van der Waals surface area contributed by atoms with E-state index in [1.54, 1.807) is 6.20 Å². The van der Waals surface area contributed by atoms with Crippen LogP contribution in [0.3, 0.4) is 0 Å². The zero-order valence-electron chi connectivity index (χ0n) is 10.9. The highest BCUT2D eigenvalue weighted by Gasteiger charge is 2.26. The van der Waals surface area contributed by atoms with Crippen LogP contribution in [0.4, 0.5) is 0 Å². The number of nitrogens with zero attached hydrogens (tertiary/aromatic N) is 1. The Labute approximate surface area is 120 Å². The molecule has 3 rings (SSSR count). The van der Waals surface area contributed by atoms with Crippen molar-refractivity contribution in [2.75, 3.05) is 0 Å². The van der Waals surface area contributed by atoms with Crippen molar-refractivity contribution in [2.24, 2.45) is 11.8 Å². The van der Waals surface area contributed by atoms with Gasteiger partial charge in [0, 0.05) is 33.7 Å². The van der Waals surface area contributed by atoms with Gasteiger partial charge in [-0.15, -0.1) is 0 Å². The van der Waals surface area contributed by atoms with Crippen LogP contribution in [0.2, 0.25) is 0 Å². The quantitative estimate of drug-likeness (QED) is 0.837. The van der Waals surface area contributed by atoms with Crippen LogP contribution >= 0.6 is 15.9 Å². The van der Waals surface area contributed by atoms with E-state index >= 15 is 0 Å². The number of carbonyl (C=O) groups excluding carboxylic acids is 1. The fraction of sp³-hybridized carbons (Fsp3) is 0.467. The lowest BCUT2D eigenvalue weighted by molar-refractivity contribution is 0.0877. The third kappa shape index (κ3) is 2.46. The lowest BCUT2D eigenvalue weighted by Gasteiger charge is -2.24. The van der Waals surface area contributed by atoms with Gasteiger partial charge < -0.3 is 4.98 Å². The molecule has 0 atom stereocenters. The highest BCUT2D eigenvalue weighted by atomic mass is 79.9. The molecule has 0 unspecified atom stereocenters. The van der Waals surface area contributed by atoms with Crippen molar-refractivity contribution in [2.45, 2.75) is 32.6 Å². The molecule has 0 bridgehead atoms. The molecule has 1 fully saturated rings. The van der Waals surface area contributed by atoms with Gasteiger partial charge in [0.05, 0.1) is 0 Å². The van der Waals surface area contributed by atoms with Gasteiger partial charge in [-0.25, -0.2) is 4.98 Å². The zero-order valence-corrected chi connectivity index (χ0v) is 12.5. The lowest BCUT2D eigenvalue weighted by Crippen LogP contribution is -2.20. The number of rotatable bonds is 2. The number of hydrogen-bond acceptors (Lipinski definition) is 2. The van der Waals surface area contributed by atoms with Crippen LogP contribution in [-0.2, 0) is 0 Å². The first-order valence-corrected chi connectivity index (χ1v) is 7.61. The van der Waals surface area contributed by atoms with Gasteiger partial charge in [-0.3, -0.25) is 4.79 Å². The van der Waals surface area contributed by atoms with Gasteiger partial charge in [0.15, 0.2) is 5.78 Å². The van der Waals surface area contributed by atoms with Gasteiger partial charge in [0.25, 0.3) is 0 Å². The first-order valence-electron chi connectivity index (χ1n) is 6.82. The van der Waals surface area contributed by atoms with Gasteiger partial charge in [0.1, 0.15) is 5.65 Å². The smallest absolute Gasteiger partial charge is 0.168 e. The maximum absolute atomic E-state index is 12.6. The molecule has 4 heteroatoms. The normalized spacial score (nSPS) is 23.7. The van der Waals surface area contributed by atoms with Gasteiger partial charge in [-0.05, 0) is 40.8 Å². The summed E-state index contributed by atoms with van der Waals surface area (Å²) in [6.45, 7) is 2.27. The Kier molecular flexibility index (Phi) is 3.44. The molecule has 100 valence electrons. The number of aromatic nitrogens is 2. The Morgan fingerprint density at radius 3 is 2.84 bits per heavy atom. The maximum atomic E-state index is 12.6. The fourth-order valence-corrected chi connectivity index (χ4v) is 3.26. The minimum atomic E-state index is 0.189. The van der Waals surface area contributed by atoms with Gasteiger partial charge in [-0.1, -0.05) is 19.8 Å². The van der Waals surface area contributed by atoms with Crippen LogP contribution in [0.1, 0.15) is 43.0 Å². The number of H-pyrrole nitrogens is 1. The predicted molar refractivity (Wildman–Crippen MR) is 79.2 cm³/mol. The molecular formula is C15H17BrN2O. The summed E-state index contributed by atoms with van der Waals surface area (Å²) >= 11 is 3.42. The fourth-order valence-electron chi connectivity index (χ4n) is 2.92. The first-order chi connectivity index (χ1) is 9.15. The van der Waals surface area contributed by atoms with Gasteiger partial charge >= 0.3 is 0 Å². The lowest BCUT2D eigenvalue weighted by atomic mass is 9.79. The molecule has 0 saturated heterocycles. The molecule has 0 spiro atoms. The second kappa shape index (κ2) is 5.08. The molecule has 1 aliphatic carbocycles. The molecule has 2 aromatic rings. The zero-order chi connectivity index (χ0) is 13.4. The summed E-state index contributed by atoms with van der Waals surface area (Å²) in [7, 11) is 0. The average molecular weight is 321 g/mol. The summed E-state index contributed by atoms with van der Waals surface area (Å²) in [5.41, 5.74) is 1.58. The minimum absolute atomic E-state index is 0.189. The Morgan fingerprint density at radius 2 is 2.11 bits per heavy atom. The molecule has 2 aromatic heterocycles. The second-order valence-corrected chi connectivity index (χ2v) is 6.49. The molecule has 1 aliphatic rings. The molecule has 3 nitrogen and oxygen atoms in total. The molecule has 19 heavy (non-hydrogen) atoms. The average Bonchev–Trinajstić information content (AvgIpc) is 2.81. The number of nitrogens with one attached hydrogen (secondary N) is 1. The summed E-state index contributed by atoms with van der Waals surface area (Å²) < 4.78 is 0.908. The van der Waals surface area contributed by atoms with Crippen molar-refractivity contribution in [3.63, 3.8) is 0 Å². The van der Waals surface area contributed by atoms with Crippen LogP contribution in [-0.4, -0.2) is 15.8 Å². The van der Waals surface area contributed by atoms with E-state index in [9.17, 15) is 4.79 Å². The molecular weight excluding hydrogens is 304 g/mol. The number of carbonyl (C=O) groups is 1. The van der Waals surface area contributed by atoms with Crippen molar-refractivity contribution < 1.29 is 4.79 Å². The van der Waals surface area contributed by atoms with E-state index in [-0.39, 0.29) is 11.7 Å². The number of ketones is 1. The highest BCUT2D eigenvalue weighted by molar-refractivity contribution is 9.10. The van der Waals surface area contributed by atoms with E-state index in [0.717, 1.165) is 39.8 Å². The summed E-state index contributed by atoms with van der Waals surface area (Å²) in [6.07, 6.45) is 7.93. The van der Waals surface area contributed by atoms with Crippen LogP contribution < -0.4 is 0 Å². The van der Waals surface area contributed by atoms with Gasteiger partial charge in [-0.2, -0.15) is 0 Å². The minimum Gasteiger partial charge on any atom is -0.345 e. The Hall–Kier alpha value is -1.16. The molecule has 0 aliphatic heterocycles. The number of fused-ring (bicyclic) bond motifs is 1. The molecule has 0 radical (unpaired) electrons. The highest BCUT2D eigenvalue weighted by Crippen LogP contribution is 2.32.